The van der Waals surface area contributed by atoms with E-state index in [0.717, 1.165) is 18.2 Å². The van der Waals surface area contributed by atoms with Gasteiger partial charge in [-0.15, -0.1) is 5.10 Å². The fraction of sp³-hybridized carbons (Fsp3) is 0.154. The number of benzene rings is 1. The lowest BCUT2D eigenvalue weighted by Gasteiger charge is -2.06. The Kier molecular flexibility index (Phi) is 4.54. The van der Waals surface area contributed by atoms with Crippen LogP contribution in [0.25, 0.3) is 0 Å². The number of aromatic nitrogens is 2. The topological polar surface area (TPSA) is 64.1 Å². The number of nitrogens with zero attached hydrogens (tertiary/aromatic N) is 2. The van der Waals surface area contributed by atoms with Crippen molar-refractivity contribution >= 4 is 11.8 Å². The number of hydrogen-bond acceptors (Lipinski definition) is 5. The van der Waals surface area contributed by atoms with Crippen LogP contribution in [0.5, 0.6) is 0 Å². The van der Waals surface area contributed by atoms with Gasteiger partial charge < -0.3 is 10.1 Å². The highest BCUT2D eigenvalue weighted by Crippen LogP contribution is 2.09. The van der Waals surface area contributed by atoms with Crippen LogP contribution in [-0.2, 0) is 4.74 Å². The molecule has 0 aliphatic carbocycles. The van der Waals surface area contributed by atoms with Crippen molar-refractivity contribution in [2.24, 2.45) is 0 Å². The Morgan fingerprint density at radius 3 is 2.80 bits per heavy atom. The van der Waals surface area contributed by atoms with Crippen molar-refractivity contribution in [1.29, 1.82) is 0 Å². The average Bonchev–Trinajstić information content (AvgIpc) is 2.47. The van der Waals surface area contributed by atoms with Gasteiger partial charge >= 0.3 is 5.97 Å². The van der Waals surface area contributed by atoms with Gasteiger partial charge in [0.1, 0.15) is 12.4 Å². The van der Waals surface area contributed by atoms with Gasteiger partial charge in [0, 0.05) is 6.20 Å². The van der Waals surface area contributed by atoms with Gasteiger partial charge in [0.2, 0.25) is 0 Å². The van der Waals surface area contributed by atoms with Crippen molar-refractivity contribution in [2.45, 2.75) is 0 Å². The first-order valence-electron chi connectivity index (χ1n) is 5.80. The molecule has 1 N–H and O–H groups in total. The lowest BCUT2D eigenvalue weighted by molar-refractivity contribution is 0.0520. The summed E-state index contributed by atoms with van der Waals surface area (Å²) in [6.07, 6.45) is 1.54. The molecule has 1 heterocycles. The summed E-state index contributed by atoms with van der Waals surface area (Å²) in [7, 11) is 0. The molecule has 0 fully saturated rings. The van der Waals surface area contributed by atoms with Crippen LogP contribution in [0.2, 0.25) is 0 Å². The van der Waals surface area contributed by atoms with Gasteiger partial charge in [-0.25, -0.2) is 13.6 Å². The minimum Gasteiger partial charge on any atom is -0.460 e. The molecule has 0 aliphatic rings. The third kappa shape index (κ3) is 3.71. The summed E-state index contributed by atoms with van der Waals surface area (Å²) in [5.74, 6) is -2.26. The molecule has 5 nitrogen and oxygen atoms in total. The fourth-order valence-corrected chi connectivity index (χ4v) is 1.43. The van der Waals surface area contributed by atoms with E-state index >= 15 is 0 Å². The van der Waals surface area contributed by atoms with E-state index in [1.54, 1.807) is 12.1 Å². The number of ether oxygens (including phenoxy) is 1. The third-order valence-electron chi connectivity index (χ3n) is 2.37. The van der Waals surface area contributed by atoms with E-state index in [2.05, 4.69) is 15.5 Å². The SMILES string of the molecule is O=C(OCCNc1cccnn1)c1ccc(F)c(F)c1. The molecule has 7 heteroatoms. The Bertz CT molecular complexity index is 593. The molecule has 0 radical (unpaired) electrons. The van der Waals surface area contributed by atoms with Gasteiger partial charge in [-0.1, -0.05) is 0 Å². The number of nitrogens with one attached hydrogen (secondary N) is 1. The van der Waals surface area contributed by atoms with E-state index in [-0.39, 0.29) is 12.2 Å². The average molecular weight is 279 g/mol. The first-order chi connectivity index (χ1) is 9.66. The molecule has 104 valence electrons. The molecule has 0 bridgehead atoms. The third-order valence-corrected chi connectivity index (χ3v) is 2.37. The molecule has 2 rings (SSSR count). The summed E-state index contributed by atoms with van der Waals surface area (Å²) in [5.41, 5.74) is -0.0385. The number of esters is 1. The zero-order valence-corrected chi connectivity index (χ0v) is 10.3. The Labute approximate surface area is 113 Å². The number of anilines is 1. The highest BCUT2D eigenvalue weighted by Gasteiger charge is 2.10. The van der Waals surface area contributed by atoms with Crippen LogP contribution in [0.3, 0.4) is 0 Å². The van der Waals surface area contributed by atoms with Gasteiger partial charge in [-0.2, -0.15) is 5.10 Å². The van der Waals surface area contributed by atoms with Crippen molar-refractivity contribution in [1.82, 2.24) is 10.2 Å². The summed E-state index contributed by atoms with van der Waals surface area (Å²) < 4.78 is 30.6. The second kappa shape index (κ2) is 6.55. The molecule has 0 amide bonds. The summed E-state index contributed by atoms with van der Waals surface area (Å²) >= 11 is 0. The van der Waals surface area contributed by atoms with E-state index < -0.39 is 17.6 Å². The number of halogens is 2. The molecule has 20 heavy (non-hydrogen) atoms. The van der Waals surface area contributed by atoms with Crippen molar-refractivity contribution in [3.05, 3.63) is 53.7 Å². The zero-order chi connectivity index (χ0) is 14.4. The summed E-state index contributed by atoms with van der Waals surface area (Å²) in [6.45, 7) is 0.391. The van der Waals surface area contributed by atoms with Crippen molar-refractivity contribution in [2.75, 3.05) is 18.5 Å². The minimum atomic E-state index is -1.09. The van der Waals surface area contributed by atoms with Crippen LogP contribution in [-0.4, -0.2) is 29.3 Å². The second-order valence-corrected chi connectivity index (χ2v) is 3.80. The van der Waals surface area contributed by atoms with Gasteiger partial charge in [0.25, 0.3) is 0 Å². The largest absolute Gasteiger partial charge is 0.460 e. The number of hydrogen-bond donors (Lipinski definition) is 1. The van der Waals surface area contributed by atoms with Crippen molar-refractivity contribution in [3.63, 3.8) is 0 Å². The van der Waals surface area contributed by atoms with E-state index in [4.69, 9.17) is 4.74 Å². The van der Waals surface area contributed by atoms with E-state index in [0.29, 0.717) is 12.4 Å². The number of rotatable bonds is 5. The Balaban J connectivity index is 1.79. The fourth-order valence-electron chi connectivity index (χ4n) is 1.43. The Morgan fingerprint density at radius 1 is 1.25 bits per heavy atom. The Morgan fingerprint density at radius 2 is 2.10 bits per heavy atom. The molecule has 0 saturated carbocycles. The predicted molar refractivity (Wildman–Crippen MR) is 67.2 cm³/mol. The van der Waals surface area contributed by atoms with Crippen LogP contribution in [0.4, 0.5) is 14.6 Å². The van der Waals surface area contributed by atoms with Gasteiger partial charge in [0.15, 0.2) is 11.6 Å². The van der Waals surface area contributed by atoms with Crippen LogP contribution in [0.1, 0.15) is 10.4 Å². The van der Waals surface area contributed by atoms with Gasteiger partial charge in [-0.3, -0.25) is 0 Å². The minimum absolute atomic E-state index is 0.0385. The summed E-state index contributed by atoms with van der Waals surface area (Å²) in [6, 6.07) is 6.27. The monoisotopic (exact) mass is 279 g/mol. The smallest absolute Gasteiger partial charge is 0.338 e. The molecule has 0 aliphatic heterocycles. The summed E-state index contributed by atoms with van der Waals surface area (Å²) in [5, 5.41) is 10.3. The predicted octanol–water partition coefficient (Wildman–Crippen LogP) is 2.02. The van der Waals surface area contributed by atoms with Gasteiger partial charge in [0.05, 0.1) is 12.1 Å². The summed E-state index contributed by atoms with van der Waals surface area (Å²) in [4.78, 5) is 11.6. The first kappa shape index (κ1) is 13.9. The highest BCUT2D eigenvalue weighted by molar-refractivity contribution is 5.89. The maximum absolute atomic E-state index is 12.9. The number of carbonyl (C=O) groups is 1. The van der Waals surface area contributed by atoms with Crippen LogP contribution >= 0.6 is 0 Å². The standard InChI is InChI=1S/C13H11F2N3O2/c14-10-4-3-9(8-11(10)15)13(19)20-7-6-16-12-2-1-5-17-18-12/h1-5,8H,6-7H2,(H,16,18). The lowest BCUT2D eigenvalue weighted by Crippen LogP contribution is -2.14. The molecule has 0 saturated heterocycles. The highest BCUT2D eigenvalue weighted by atomic mass is 19.2. The number of carbonyl (C=O) groups excluding carboxylic acids is 1. The first-order valence-corrected chi connectivity index (χ1v) is 5.80. The van der Waals surface area contributed by atoms with Gasteiger partial charge in [-0.05, 0) is 30.3 Å². The van der Waals surface area contributed by atoms with E-state index in [1.165, 1.54) is 6.20 Å². The second-order valence-electron chi connectivity index (χ2n) is 3.80. The maximum Gasteiger partial charge on any atom is 0.338 e. The molecule has 1 aromatic carbocycles. The van der Waals surface area contributed by atoms with Crippen molar-refractivity contribution in [3.8, 4) is 0 Å². The molecule has 0 spiro atoms. The molecular weight excluding hydrogens is 268 g/mol. The zero-order valence-electron chi connectivity index (χ0n) is 10.3. The quantitative estimate of drug-likeness (QED) is 0.670. The van der Waals surface area contributed by atoms with Crippen LogP contribution in [0, 0.1) is 11.6 Å². The maximum atomic E-state index is 12.9. The van der Waals surface area contributed by atoms with Crippen LogP contribution in [0.15, 0.2) is 36.5 Å². The molecule has 0 atom stereocenters. The molecule has 1 aromatic heterocycles. The van der Waals surface area contributed by atoms with E-state index in [9.17, 15) is 13.6 Å². The molecular formula is C13H11F2N3O2. The van der Waals surface area contributed by atoms with Crippen LogP contribution < -0.4 is 5.32 Å². The van der Waals surface area contributed by atoms with E-state index in [1.807, 2.05) is 0 Å². The molecule has 2 aromatic rings. The van der Waals surface area contributed by atoms with Crippen molar-refractivity contribution < 1.29 is 18.3 Å². The lowest BCUT2D eigenvalue weighted by atomic mass is 10.2. The molecule has 0 unspecified atom stereocenters. The normalized spacial score (nSPS) is 10.1. The Hall–Kier alpha value is -2.57.